The SMILES string of the molecule is C[Si]1(C)c2ccccc2C2(c3ccccc3-n3c4ccccc4c4cccc2c43)c2cccc(-c3ccc(-c4ccc5c(c4)c4ccccc4n5-c4ccccc4)cc3)c21. The molecule has 1 spiro atoms. The molecular formula is C57H40N2Si. The summed E-state index contributed by atoms with van der Waals surface area (Å²) < 4.78 is 4.93. The van der Waals surface area contributed by atoms with Gasteiger partial charge in [-0.1, -0.05) is 177 Å². The maximum absolute atomic E-state index is 2.57. The van der Waals surface area contributed by atoms with Gasteiger partial charge in [0.15, 0.2) is 0 Å². The van der Waals surface area contributed by atoms with E-state index in [1.165, 1.54) is 110 Å². The number of aromatic nitrogens is 2. The second-order valence-corrected chi connectivity index (χ2v) is 21.5. The molecule has 11 aromatic rings. The van der Waals surface area contributed by atoms with E-state index in [0.29, 0.717) is 0 Å². The topological polar surface area (TPSA) is 9.86 Å². The molecule has 1 atom stereocenters. The summed E-state index contributed by atoms with van der Waals surface area (Å²) in [6.07, 6.45) is 0. The zero-order valence-electron chi connectivity index (χ0n) is 33.5. The smallest absolute Gasteiger partial charge is 0.113 e. The van der Waals surface area contributed by atoms with E-state index in [0.717, 1.165) is 0 Å². The Labute approximate surface area is 350 Å². The van der Waals surface area contributed by atoms with Crippen LogP contribution in [-0.4, -0.2) is 17.2 Å². The average Bonchev–Trinajstić information content (AvgIpc) is 3.83. The second kappa shape index (κ2) is 12.2. The van der Waals surface area contributed by atoms with Crippen molar-refractivity contribution in [3.63, 3.8) is 0 Å². The highest BCUT2D eigenvalue weighted by Crippen LogP contribution is 2.55. The minimum absolute atomic E-state index is 0.487. The Bertz CT molecular complexity index is 3570. The molecule has 60 heavy (non-hydrogen) atoms. The first-order chi connectivity index (χ1) is 29.5. The predicted molar refractivity (Wildman–Crippen MR) is 255 cm³/mol. The monoisotopic (exact) mass is 780 g/mol. The maximum atomic E-state index is 2.57. The third kappa shape index (κ3) is 4.27. The van der Waals surface area contributed by atoms with Crippen LogP contribution in [0.1, 0.15) is 22.3 Å². The van der Waals surface area contributed by atoms with Gasteiger partial charge in [0.1, 0.15) is 8.07 Å². The van der Waals surface area contributed by atoms with Crippen molar-refractivity contribution in [2.24, 2.45) is 0 Å². The molecule has 0 fully saturated rings. The van der Waals surface area contributed by atoms with Crippen molar-refractivity contribution in [1.82, 2.24) is 9.13 Å². The minimum Gasteiger partial charge on any atom is -0.309 e. The van der Waals surface area contributed by atoms with Crippen molar-refractivity contribution >= 4 is 62.1 Å². The highest BCUT2D eigenvalue weighted by atomic mass is 28.3. The number of hydrogen-bond acceptors (Lipinski definition) is 0. The van der Waals surface area contributed by atoms with Gasteiger partial charge in [-0.05, 0) is 97.3 Å². The largest absolute Gasteiger partial charge is 0.309 e. The fraction of sp³-hybridized carbons (Fsp3) is 0.0526. The van der Waals surface area contributed by atoms with E-state index in [9.17, 15) is 0 Å². The van der Waals surface area contributed by atoms with Gasteiger partial charge in [-0.3, -0.25) is 0 Å². The van der Waals surface area contributed by atoms with E-state index in [2.05, 4.69) is 228 Å². The van der Waals surface area contributed by atoms with Crippen LogP contribution in [0.3, 0.4) is 0 Å². The summed E-state index contributed by atoms with van der Waals surface area (Å²) in [4.78, 5) is 0. The quantitative estimate of drug-likeness (QED) is 0.158. The normalized spacial score (nSPS) is 16.0. The van der Waals surface area contributed by atoms with Gasteiger partial charge in [0.05, 0.1) is 33.2 Å². The number of para-hydroxylation sites is 5. The first-order valence-electron chi connectivity index (χ1n) is 21.1. The Balaban J connectivity index is 1.02. The Morgan fingerprint density at radius 1 is 0.383 bits per heavy atom. The van der Waals surface area contributed by atoms with Crippen molar-refractivity contribution < 1.29 is 0 Å². The molecule has 0 bridgehead atoms. The summed E-state index contributed by atoms with van der Waals surface area (Å²) in [6.45, 7) is 5.14. The van der Waals surface area contributed by atoms with Gasteiger partial charge >= 0.3 is 0 Å². The summed E-state index contributed by atoms with van der Waals surface area (Å²) in [6, 6.07) is 77.6. The molecular weight excluding hydrogens is 741 g/mol. The number of rotatable bonds is 3. The van der Waals surface area contributed by atoms with Gasteiger partial charge in [-0.15, -0.1) is 0 Å². The molecule has 2 aliphatic heterocycles. The van der Waals surface area contributed by atoms with Gasteiger partial charge in [-0.25, -0.2) is 0 Å². The Morgan fingerprint density at radius 2 is 0.950 bits per heavy atom. The molecule has 1 unspecified atom stereocenters. The summed E-state index contributed by atoms with van der Waals surface area (Å²) in [5.74, 6) is 0. The average molecular weight is 781 g/mol. The Morgan fingerprint density at radius 3 is 1.77 bits per heavy atom. The van der Waals surface area contributed by atoms with E-state index in [1.807, 2.05) is 0 Å². The molecule has 0 N–H and O–H groups in total. The second-order valence-electron chi connectivity index (χ2n) is 17.2. The fourth-order valence-electron chi connectivity index (χ4n) is 11.5. The van der Waals surface area contributed by atoms with Crippen LogP contribution in [0.2, 0.25) is 13.1 Å². The lowest BCUT2D eigenvalue weighted by atomic mass is 9.62. The van der Waals surface area contributed by atoms with E-state index in [-0.39, 0.29) is 0 Å². The molecule has 0 radical (unpaired) electrons. The molecule has 0 amide bonds. The van der Waals surface area contributed by atoms with E-state index < -0.39 is 13.5 Å². The molecule has 9 aromatic carbocycles. The third-order valence-electron chi connectivity index (χ3n) is 14.0. The maximum Gasteiger partial charge on any atom is 0.113 e. The molecule has 13 rings (SSSR count). The van der Waals surface area contributed by atoms with E-state index in [4.69, 9.17) is 0 Å². The van der Waals surface area contributed by atoms with Crippen LogP contribution in [-0.2, 0) is 5.41 Å². The molecule has 0 saturated heterocycles. The van der Waals surface area contributed by atoms with Gasteiger partial charge < -0.3 is 9.13 Å². The summed E-state index contributed by atoms with van der Waals surface area (Å²) in [5.41, 5.74) is 17.6. The Hall–Kier alpha value is -7.20. The molecule has 2 aromatic heterocycles. The van der Waals surface area contributed by atoms with E-state index in [1.54, 1.807) is 0 Å². The third-order valence-corrected chi connectivity index (χ3v) is 17.5. The van der Waals surface area contributed by atoms with Crippen LogP contribution in [0, 0.1) is 0 Å². The molecule has 3 heteroatoms. The number of fused-ring (bicyclic) bond motifs is 14. The summed E-state index contributed by atoms with van der Waals surface area (Å²) >= 11 is 0. The van der Waals surface area contributed by atoms with Gasteiger partial charge in [-0.2, -0.15) is 0 Å². The van der Waals surface area contributed by atoms with Crippen molar-refractivity contribution in [2.45, 2.75) is 18.5 Å². The minimum atomic E-state index is -2.27. The fourth-order valence-corrected chi connectivity index (χ4v) is 15.1. The van der Waals surface area contributed by atoms with Crippen LogP contribution in [0.4, 0.5) is 0 Å². The standard InChI is InChI=1S/C57H40N2Si/c1-60(2)54-29-13-9-23-47(54)57(46-22-8-12-28-53(46)59-51-27-11-6-18-42(51)44-21-15-24-48(57)55(44)59)49-25-14-20-41(56(49)60)38-32-30-37(31-33-38)39-34-35-52-45(36-39)43-19-7-10-26-50(43)58(52)40-16-4-3-5-17-40/h3-36H,1-2H3. The highest BCUT2D eigenvalue weighted by molar-refractivity contribution is 7.02. The zero-order valence-corrected chi connectivity index (χ0v) is 34.5. The van der Waals surface area contributed by atoms with Crippen molar-refractivity contribution in [2.75, 3.05) is 0 Å². The molecule has 0 saturated carbocycles. The summed E-state index contributed by atoms with van der Waals surface area (Å²) in [7, 11) is -2.27. The molecule has 2 nitrogen and oxygen atoms in total. The first-order valence-corrected chi connectivity index (χ1v) is 24.1. The van der Waals surface area contributed by atoms with Crippen LogP contribution >= 0.6 is 0 Å². The molecule has 0 aliphatic carbocycles. The molecule has 282 valence electrons. The van der Waals surface area contributed by atoms with E-state index >= 15 is 0 Å². The lowest BCUT2D eigenvalue weighted by Gasteiger charge is -2.50. The van der Waals surface area contributed by atoms with Gasteiger partial charge in [0, 0.05) is 27.2 Å². The van der Waals surface area contributed by atoms with Crippen LogP contribution in [0.25, 0.3) is 77.2 Å². The van der Waals surface area contributed by atoms with Gasteiger partial charge in [0.25, 0.3) is 0 Å². The Kier molecular flexibility index (Phi) is 6.84. The lowest BCUT2D eigenvalue weighted by molar-refractivity contribution is 0.732. The number of hydrogen-bond donors (Lipinski definition) is 0. The van der Waals surface area contributed by atoms with Gasteiger partial charge in [0.2, 0.25) is 0 Å². The molecule has 2 aliphatic rings. The molecule has 4 heterocycles. The van der Waals surface area contributed by atoms with Crippen molar-refractivity contribution in [1.29, 1.82) is 0 Å². The van der Waals surface area contributed by atoms with Crippen LogP contribution in [0.15, 0.2) is 206 Å². The lowest BCUT2D eigenvalue weighted by Crippen LogP contribution is -2.64. The number of benzene rings is 9. The van der Waals surface area contributed by atoms with Crippen LogP contribution in [0.5, 0.6) is 0 Å². The zero-order chi connectivity index (χ0) is 39.7. The van der Waals surface area contributed by atoms with Crippen molar-refractivity contribution in [3.05, 3.63) is 229 Å². The summed E-state index contributed by atoms with van der Waals surface area (Å²) in [5, 5.41) is 8.20. The number of nitrogens with zero attached hydrogens (tertiary/aromatic N) is 2. The van der Waals surface area contributed by atoms with Crippen molar-refractivity contribution in [3.8, 4) is 33.6 Å². The first kappa shape index (κ1) is 33.7. The highest BCUT2D eigenvalue weighted by Gasteiger charge is 2.53. The predicted octanol–water partition coefficient (Wildman–Crippen LogP) is 13.0. The van der Waals surface area contributed by atoms with Crippen LogP contribution < -0.4 is 10.4 Å².